The van der Waals surface area contributed by atoms with Gasteiger partial charge in [0.05, 0.1) is 37.8 Å². The molecule has 0 radical (unpaired) electrons. The Bertz CT molecular complexity index is 3670. The average molecular weight is 1120 g/mol. The molecule has 0 amide bonds. The predicted octanol–water partition coefficient (Wildman–Crippen LogP) is 7.15. The molecule has 0 saturated heterocycles. The molecule has 2 aliphatic heterocycles. The van der Waals surface area contributed by atoms with E-state index in [1.807, 2.05) is 0 Å². The second-order valence-electron chi connectivity index (χ2n) is 19.7. The van der Waals surface area contributed by atoms with Gasteiger partial charge in [0.25, 0.3) is 40.5 Å². The fourth-order valence-corrected chi connectivity index (χ4v) is 12.1. The third-order valence-electron chi connectivity index (χ3n) is 13.8. The molecule has 4 aromatic rings. The van der Waals surface area contributed by atoms with Crippen molar-refractivity contribution in [3.63, 3.8) is 0 Å². The number of Topliss-reactive ketones (excluding diaryl/α,β-unsaturated/α-hetero) is 2. The summed E-state index contributed by atoms with van der Waals surface area (Å²) in [5.74, 6) is -5.35. The van der Waals surface area contributed by atoms with E-state index in [0.717, 1.165) is 0 Å². The van der Waals surface area contributed by atoms with Crippen LogP contribution in [0.2, 0.25) is 0 Å². The second kappa shape index (κ2) is 20.6. The van der Waals surface area contributed by atoms with Gasteiger partial charge in [0.15, 0.2) is 17.3 Å². The Kier molecular flexibility index (Phi) is 15.5. The summed E-state index contributed by atoms with van der Waals surface area (Å²) in [5, 5.41) is 19.4. The monoisotopic (exact) mass is 1120 g/mol. The highest BCUT2D eigenvalue weighted by molar-refractivity contribution is 7.86. The van der Waals surface area contributed by atoms with Crippen LogP contribution in [0, 0.1) is 5.41 Å². The highest BCUT2D eigenvalue weighted by Gasteiger charge is 2.50. The Labute approximate surface area is 439 Å². The Morgan fingerprint density at radius 1 is 0.592 bits per heavy atom. The van der Waals surface area contributed by atoms with Gasteiger partial charge >= 0.3 is 11.9 Å². The van der Waals surface area contributed by atoms with Gasteiger partial charge in [0.2, 0.25) is 5.69 Å². The number of benzene rings is 4. The lowest BCUT2D eigenvalue weighted by Gasteiger charge is -2.35. The fraction of sp³-hybridized carbons (Fsp3) is 0.288. The van der Waals surface area contributed by atoms with Crippen molar-refractivity contribution < 1.29 is 85.8 Å². The maximum Gasteiger partial charge on any atom is 0.335 e. The van der Waals surface area contributed by atoms with Crippen LogP contribution in [0.3, 0.4) is 0 Å². The number of anilines is 1. The van der Waals surface area contributed by atoms with Gasteiger partial charge in [-0.1, -0.05) is 56.3 Å². The van der Waals surface area contributed by atoms with Gasteiger partial charge in [-0.2, -0.15) is 38.2 Å². The first-order valence-corrected chi connectivity index (χ1v) is 29.4. The van der Waals surface area contributed by atoms with Crippen LogP contribution in [0.15, 0.2) is 142 Å². The van der Waals surface area contributed by atoms with Crippen LogP contribution in [-0.4, -0.2) is 120 Å². The molecular weight excluding hydrogens is 1070 g/mol. The van der Waals surface area contributed by atoms with Crippen LogP contribution in [0.1, 0.15) is 106 Å². The minimum Gasteiger partial charge on any atom is -0.478 e. The highest BCUT2D eigenvalue weighted by atomic mass is 32.2. The molecule has 1 aliphatic carbocycles. The second-order valence-corrected chi connectivity index (χ2v) is 25.7. The number of aromatic carboxylic acids is 2. The van der Waals surface area contributed by atoms with Crippen molar-refractivity contribution >= 4 is 81.1 Å². The fourth-order valence-electron chi connectivity index (χ4n) is 10.1. The van der Waals surface area contributed by atoms with E-state index in [-0.39, 0.29) is 61.0 Å². The summed E-state index contributed by atoms with van der Waals surface area (Å²) in [6.45, 7) is 6.93. The van der Waals surface area contributed by atoms with E-state index in [0.29, 0.717) is 45.1 Å². The first kappa shape index (κ1) is 56.9. The summed E-state index contributed by atoms with van der Waals surface area (Å²) in [4.78, 5) is 55.4. The molecule has 24 heteroatoms. The van der Waals surface area contributed by atoms with Gasteiger partial charge < -0.3 is 15.1 Å². The molecule has 6 N–H and O–H groups in total. The van der Waals surface area contributed by atoms with Crippen LogP contribution >= 0.6 is 0 Å². The van der Waals surface area contributed by atoms with E-state index in [1.165, 1.54) is 84.9 Å². The van der Waals surface area contributed by atoms with Crippen molar-refractivity contribution in [1.29, 1.82) is 0 Å². The summed E-state index contributed by atoms with van der Waals surface area (Å²) in [7, 11) is -18.2. The average Bonchev–Trinajstić information content (AvgIpc) is 3.67. The third kappa shape index (κ3) is 11.9. The molecule has 402 valence electrons. The minimum atomic E-state index is -4.70. The third-order valence-corrected chi connectivity index (χ3v) is 17.1. The normalized spacial score (nSPS) is 18.2. The van der Waals surface area contributed by atoms with Crippen LogP contribution < -0.4 is 4.90 Å². The molecule has 0 atom stereocenters. The van der Waals surface area contributed by atoms with Gasteiger partial charge in [0, 0.05) is 58.6 Å². The number of hydrogen-bond donors (Lipinski definition) is 6. The van der Waals surface area contributed by atoms with E-state index >= 15 is 9.59 Å². The molecule has 2 heterocycles. The number of nitrogens with zero attached hydrogens (tertiary/aromatic N) is 2. The van der Waals surface area contributed by atoms with Crippen LogP contribution in [-0.2, 0) is 51.3 Å². The zero-order valence-corrected chi connectivity index (χ0v) is 44.5. The lowest BCUT2D eigenvalue weighted by molar-refractivity contribution is -0.437. The van der Waals surface area contributed by atoms with Crippen molar-refractivity contribution in [2.45, 2.75) is 74.0 Å². The molecule has 76 heavy (non-hydrogen) atoms. The first-order valence-electron chi connectivity index (χ1n) is 23.3. The predicted molar refractivity (Wildman–Crippen MR) is 278 cm³/mol. The van der Waals surface area contributed by atoms with E-state index in [2.05, 4.69) is 0 Å². The smallest absolute Gasteiger partial charge is 0.335 e. The molecule has 0 bridgehead atoms. The Morgan fingerprint density at radius 3 is 1.58 bits per heavy atom. The largest absolute Gasteiger partial charge is 0.478 e. The van der Waals surface area contributed by atoms with Crippen molar-refractivity contribution in [1.82, 2.24) is 0 Å². The number of allylic oxidation sites excluding steroid dienone is 8. The standard InChI is InChI=1S/C52H52N2O18S4/c1-50(2)40-28-38(75(67,68)69)17-19-42(40)53(23-5-25-73(61,62)63)44(50)21-7-32-27-33(8-22-45-51(3,4)41-29-39(76(70,71)72)18-20-43(41)54(45)24-6-26-74(64,65)66)31-52(30-32,46(55)34-9-13-36(14-10-34)48(57)58)47(56)35-11-15-37(16-12-35)49(59)60/h7-22,27-29H,5-6,23-26,30-31H2,1-4H3,(H5-,57,58,59,60,61,62,63,64,65,66,67,68,69,70,71,72)/p+1. The minimum absolute atomic E-state index is 0.0247. The van der Waals surface area contributed by atoms with Crippen LogP contribution in [0.4, 0.5) is 11.4 Å². The number of carbonyl (C=O) groups excluding carboxylic acids is 2. The number of carbonyl (C=O) groups is 4. The Balaban J connectivity index is 1.46. The topological polar surface area (TPSA) is 332 Å². The molecule has 0 saturated carbocycles. The number of carboxylic acids is 2. The van der Waals surface area contributed by atoms with Crippen molar-refractivity contribution in [2.24, 2.45) is 5.41 Å². The number of fused-ring (bicyclic) bond motifs is 2. The lowest BCUT2D eigenvalue weighted by Crippen LogP contribution is -2.42. The van der Waals surface area contributed by atoms with Gasteiger partial charge in [-0.3, -0.25) is 27.8 Å². The van der Waals surface area contributed by atoms with Crippen molar-refractivity contribution in [3.8, 4) is 0 Å². The van der Waals surface area contributed by atoms with E-state index < -0.39 is 102 Å². The molecule has 20 nitrogen and oxygen atoms in total. The zero-order valence-electron chi connectivity index (χ0n) is 41.2. The van der Waals surface area contributed by atoms with E-state index in [9.17, 15) is 71.7 Å². The summed E-state index contributed by atoms with van der Waals surface area (Å²) >= 11 is 0. The number of carboxylic acid groups (broad SMARTS) is 2. The summed E-state index contributed by atoms with van der Waals surface area (Å²) in [6, 6.07) is 17.6. The SMILES string of the molecule is CC1(C)C(/C=C/C2=CC(=C/C=C3/N(CCCS(=O)(=O)O)c4ccc(S(=O)(=O)O)cc4C3(C)C)/CC(C(=O)c3ccc(C(=O)O)cc3)(C(=O)c3ccc(C(=O)O)cc3)C2)=[N+](CCCS(=O)(=O)O)c2ccc(S(=O)(=O)O)cc21. The number of hydrogen-bond acceptors (Lipinski definition) is 13. The molecule has 0 unspecified atom stereocenters. The van der Waals surface area contributed by atoms with Gasteiger partial charge in [-0.15, -0.1) is 0 Å². The van der Waals surface area contributed by atoms with Crippen molar-refractivity contribution in [2.75, 3.05) is 29.5 Å². The molecule has 4 aromatic carbocycles. The van der Waals surface area contributed by atoms with Gasteiger partial charge in [0.1, 0.15) is 12.0 Å². The van der Waals surface area contributed by atoms with Gasteiger partial charge in [-0.25, -0.2) is 9.59 Å². The van der Waals surface area contributed by atoms with E-state index in [1.54, 1.807) is 67.6 Å². The molecule has 0 aromatic heterocycles. The van der Waals surface area contributed by atoms with E-state index in [4.69, 9.17) is 0 Å². The molecule has 7 rings (SSSR count). The highest BCUT2D eigenvalue weighted by Crippen LogP contribution is 2.50. The maximum atomic E-state index is 15.4. The summed E-state index contributed by atoms with van der Waals surface area (Å²) in [5.41, 5.74) is -1.39. The van der Waals surface area contributed by atoms with Crippen LogP contribution in [0.5, 0.6) is 0 Å². The first-order chi connectivity index (χ1) is 35.1. The number of ketones is 2. The van der Waals surface area contributed by atoms with Crippen LogP contribution in [0.25, 0.3) is 0 Å². The molecule has 3 aliphatic rings. The Hall–Kier alpha value is -6.77. The number of rotatable bonds is 19. The van der Waals surface area contributed by atoms with Gasteiger partial charge in [-0.05, 0) is 110 Å². The quantitative estimate of drug-likeness (QED) is 0.0235. The molecule has 0 spiro atoms. The molecular formula is C52H53N2O18S4+. The summed E-state index contributed by atoms with van der Waals surface area (Å²) in [6.07, 6.45) is 7.31. The van der Waals surface area contributed by atoms with Crippen molar-refractivity contribution in [3.05, 3.63) is 166 Å². The zero-order chi connectivity index (χ0) is 56.1. The Morgan fingerprint density at radius 2 is 1.08 bits per heavy atom. The molecule has 0 fully saturated rings. The maximum absolute atomic E-state index is 15.4. The summed E-state index contributed by atoms with van der Waals surface area (Å²) < 4.78 is 138. The lowest BCUT2D eigenvalue weighted by atomic mass is 9.64.